The second-order valence-electron chi connectivity index (χ2n) is 7.86. The summed E-state index contributed by atoms with van der Waals surface area (Å²) in [4.78, 5) is 17.4. The monoisotopic (exact) mass is 358 g/mol. The van der Waals surface area contributed by atoms with Crippen molar-refractivity contribution in [3.63, 3.8) is 0 Å². The number of rotatable bonds is 4. The molecule has 3 fully saturated rings. The molecular formula is C20H26N2O4. The summed E-state index contributed by atoms with van der Waals surface area (Å²) in [6.45, 7) is 4.57. The van der Waals surface area contributed by atoms with Gasteiger partial charge in [0.1, 0.15) is 0 Å². The Hall–Kier alpha value is -1.79. The number of amides is 1. The average Bonchev–Trinajstić information content (AvgIpc) is 3.42. The van der Waals surface area contributed by atoms with Crippen molar-refractivity contribution >= 4 is 5.91 Å². The number of carbonyl (C=O) groups excluding carboxylic acids is 1. The molecule has 0 radical (unpaired) electrons. The summed E-state index contributed by atoms with van der Waals surface area (Å²) >= 11 is 0. The van der Waals surface area contributed by atoms with Crippen LogP contribution in [0.2, 0.25) is 0 Å². The number of carbonyl (C=O) groups is 1. The largest absolute Gasteiger partial charge is 0.454 e. The molecule has 26 heavy (non-hydrogen) atoms. The van der Waals surface area contributed by atoms with Gasteiger partial charge in [0.15, 0.2) is 11.5 Å². The topological polar surface area (TPSA) is 51.2 Å². The Morgan fingerprint density at radius 3 is 2.88 bits per heavy atom. The van der Waals surface area contributed by atoms with E-state index >= 15 is 0 Å². The molecule has 4 aliphatic rings. The summed E-state index contributed by atoms with van der Waals surface area (Å²) in [5, 5.41) is 0. The highest BCUT2D eigenvalue weighted by Crippen LogP contribution is 2.38. The maximum absolute atomic E-state index is 12.7. The van der Waals surface area contributed by atoms with Crippen molar-refractivity contribution in [3.8, 4) is 11.5 Å². The lowest BCUT2D eigenvalue weighted by Crippen LogP contribution is -2.63. The Kier molecular flexibility index (Phi) is 4.25. The van der Waals surface area contributed by atoms with Gasteiger partial charge in [-0.2, -0.15) is 0 Å². The van der Waals surface area contributed by atoms with Crippen molar-refractivity contribution in [3.05, 3.63) is 23.8 Å². The van der Waals surface area contributed by atoms with E-state index in [-0.39, 0.29) is 12.7 Å². The fourth-order valence-electron chi connectivity index (χ4n) is 4.50. The predicted molar refractivity (Wildman–Crippen MR) is 95.3 cm³/mol. The third kappa shape index (κ3) is 3.16. The Morgan fingerprint density at radius 2 is 2.00 bits per heavy atom. The minimum absolute atomic E-state index is 0.246. The molecule has 5 rings (SSSR count). The molecule has 2 atom stereocenters. The fourth-order valence-corrected chi connectivity index (χ4v) is 4.50. The van der Waals surface area contributed by atoms with E-state index in [1.165, 1.54) is 12.8 Å². The van der Waals surface area contributed by atoms with Gasteiger partial charge in [-0.3, -0.25) is 9.69 Å². The molecule has 1 aliphatic carbocycles. The van der Waals surface area contributed by atoms with Gasteiger partial charge in [0.05, 0.1) is 19.3 Å². The van der Waals surface area contributed by atoms with Crippen LogP contribution >= 0.6 is 0 Å². The Morgan fingerprint density at radius 1 is 1.12 bits per heavy atom. The molecule has 1 amide bonds. The van der Waals surface area contributed by atoms with Gasteiger partial charge in [-0.25, -0.2) is 0 Å². The van der Waals surface area contributed by atoms with Gasteiger partial charge < -0.3 is 19.1 Å². The number of morpholine rings is 1. The molecule has 1 aromatic carbocycles. The summed E-state index contributed by atoms with van der Waals surface area (Å²) in [5.41, 5.74) is 1.12. The van der Waals surface area contributed by atoms with E-state index in [0.717, 1.165) is 62.2 Å². The van der Waals surface area contributed by atoms with Gasteiger partial charge in [0.2, 0.25) is 12.7 Å². The Bertz CT molecular complexity index is 690. The molecule has 0 N–H and O–H groups in total. The molecule has 2 saturated heterocycles. The predicted octanol–water partition coefficient (Wildman–Crippen LogP) is 1.67. The van der Waals surface area contributed by atoms with Crippen LogP contribution in [0.4, 0.5) is 0 Å². The van der Waals surface area contributed by atoms with Crippen LogP contribution in [0.5, 0.6) is 11.5 Å². The second-order valence-corrected chi connectivity index (χ2v) is 7.86. The number of benzene rings is 1. The van der Waals surface area contributed by atoms with Crippen molar-refractivity contribution in [1.29, 1.82) is 0 Å². The normalized spacial score (nSPS) is 28.1. The van der Waals surface area contributed by atoms with Gasteiger partial charge in [0.25, 0.3) is 0 Å². The summed E-state index contributed by atoms with van der Waals surface area (Å²) in [6.07, 6.45) is 3.96. The van der Waals surface area contributed by atoms with E-state index < -0.39 is 0 Å². The zero-order valence-electron chi connectivity index (χ0n) is 15.1. The molecule has 0 bridgehead atoms. The first kappa shape index (κ1) is 16.4. The molecular weight excluding hydrogens is 332 g/mol. The SMILES string of the molecule is O=C(CCc1ccc2c(c1)OCO2)N1CCN2[C@@H](COC[C@@H]2C2CC2)C1. The first-order chi connectivity index (χ1) is 12.8. The summed E-state index contributed by atoms with van der Waals surface area (Å²) in [5.74, 6) is 2.65. The molecule has 3 aliphatic heterocycles. The third-order valence-corrected chi connectivity index (χ3v) is 6.14. The Labute approximate surface area is 154 Å². The zero-order chi connectivity index (χ0) is 17.5. The number of ether oxygens (including phenoxy) is 3. The van der Waals surface area contributed by atoms with Crippen molar-refractivity contribution in [1.82, 2.24) is 9.80 Å². The summed E-state index contributed by atoms with van der Waals surface area (Å²) < 4.78 is 16.6. The van der Waals surface area contributed by atoms with Gasteiger partial charge in [-0.05, 0) is 42.9 Å². The van der Waals surface area contributed by atoms with E-state index in [1.54, 1.807) is 0 Å². The van der Waals surface area contributed by atoms with Gasteiger partial charge >= 0.3 is 0 Å². The number of nitrogens with zero attached hydrogens (tertiary/aromatic N) is 2. The lowest BCUT2D eigenvalue weighted by molar-refractivity contribution is -0.140. The standard InChI is InChI=1S/C20H26N2O4/c23-20(6-2-14-1-5-18-19(9-14)26-13-25-18)21-7-8-22-16(10-21)11-24-12-17(22)15-3-4-15/h1,5,9,15-17H,2-4,6-8,10-13H2/t16-,17-/m1/s1. The van der Waals surface area contributed by atoms with Gasteiger partial charge in [0, 0.05) is 32.1 Å². The second kappa shape index (κ2) is 6.74. The number of aryl methyl sites for hydroxylation is 1. The lowest BCUT2D eigenvalue weighted by Gasteiger charge is -2.48. The van der Waals surface area contributed by atoms with Crippen molar-refractivity contribution < 1.29 is 19.0 Å². The highest BCUT2D eigenvalue weighted by Gasteiger charge is 2.43. The molecule has 0 spiro atoms. The van der Waals surface area contributed by atoms with Crippen LogP contribution < -0.4 is 9.47 Å². The third-order valence-electron chi connectivity index (χ3n) is 6.14. The quantitative estimate of drug-likeness (QED) is 0.820. The van der Waals surface area contributed by atoms with Crippen molar-refractivity contribution in [2.24, 2.45) is 5.92 Å². The van der Waals surface area contributed by atoms with E-state index in [2.05, 4.69) is 4.90 Å². The van der Waals surface area contributed by atoms with Crippen LogP contribution in [-0.4, -0.2) is 67.4 Å². The first-order valence-electron chi connectivity index (χ1n) is 9.78. The number of piperazine rings is 1. The van der Waals surface area contributed by atoms with Crippen LogP contribution in [0.3, 0.4) is 0 Å². The molecule has 3 heterocycles. The smallest absolute Gasteiger partial charge is 0.231 e. The van der Waals surface area contributed by atoms with Gasteiger partial charge in [-0.15, -0.1) is 0 Å². The average molecular weight is 358 g/mol. The minimum Gasteiger partial charge on any atom is -0.454 e. The van der Waals surface area contributed by atoms with E-state index in [4.69, 9.17) is 14.2 Å². The molecule has 1 aromatic rings. The number of fused-ring (bicyclic) bond motifs is 2. The highest BCUT2D eigenvalue weighted by atomic mass is 16.7. The molecule has 140 valence electrons. The van der Waals surface area contributed by atoms with Crippen LogP contribution in [0.25, 0.3) is 0 Å². The van der Waals surface area contributed by atoms with Crippen LogP contribution in [0.1, 0.15) is 24.8 Å². The molecule has 1 saturated carbocycles. The van der Waals surface area contributed by atoms with E-state index in [1.807, 2.05) is 23.1 Å². The van der Waals surface area contributed by atoms with Crippen molar-refractivity contribution in [2.45, 2.75) is 37.8 Å². The molecule has 0 aromatic heterocycles. The minimum atomic E-state index is 0.246. The van der Waals surface area contributed by atoms with Crippen molar-refractivity contribution in [2.75, 3.05) is 39.6 Å². The maximum Gasteiger partial charge on any atom is 0.231 e. The van der Waals surface area contributed by atoms with E-state index in [0.29, 0.717) is 18.5 Å². The van der Waals surface area contributed by atoms with Crippen LogP contribution in [-0.2, 0) is 16.0 Å². The number of hydrogen-bond donors (Lipinski definition) is 0. The summed E-state index contributed by atoms with van der Waals surface area (Å²) in [7, 11) is 0. The molecule has 6 nitrogen and oxygen atoms in total. The lowest BCUT2D eigenvalue weighted by atomic mass is 10.0. The fraction of sp³-hybridized carbons (Fsp3) is 0.650. The Balaban J connectivity index is 1.16. The zero-order valence-corrected chi connectivity index (χ0v) is 15.1. The molecule has 0 unspecified atom stereocenters. The first-order valence-corrected chi connectivity index (χ1v) is 9.78. The van der Waals surface area contributed by atoms with Crippen LogP contribution in [0, 0.1) is 5.92 Å². The van der Waals surface area contributed by atoms with E-state index in [9.17, 15) is 4.79 Å². The van der Waals surface area contributed by atoms with Gasteiger partial charge in [-0.1, -0.05) is 6.07 Å². The van der Waals surface area contributed by atoms with Crippen LogP contribution in [0.15, 0.2) is 18.2 Å². The number of hydrogen-bond acceptors (Lipinski definition) is 5. The maximum atomic E-state index is 12.7. The highest BCUT2D eigenvalue weighted by molar-refractivity contribution is 5.76. The molecule has 6 heteroatoms. The summed E-state index contributed by atoms with van der Waals surface area (Å²) in [6, 6.07) is 6.90.